The zero-order chi connectivity index (χ0) is 12.6. The van der Waals surface area contributed by atoms with Crippen LogP contribution in [-0.2, 0) is 9.53 Å². The highest BCUT2D eigenvalue weighted by molar-refractivity contribution is 7.80. The number of hydrogen-bond acceptors (Lipinski definition) is 3. The van der Waals surface area contributed by atoms with Crippen molar-refractivity contribution >= 4 is 23.1 Å². The van der Waals surface area contributed by atoms with Gasteiger partial charge in [-0.3, -0.25) is 4.79 Å². The molecule has 2 N–H and O–H groups in total. The van der Waals surface area contributed by atoms with E-state index < -0.39 is 0 Å². The Hall–Kier alpha value is -0.680. The Balaban J connectivity index is 4.08. The van der Waals surface area contributed by atoms with Gasteiger partial charge in [0, 0.05) is 25.6 Å². The standard InChI is InChI=1S/C11H22N2O2S/c1-4-7-15-8-11(14)13(9(2)3)6-5-10(12)16/h9H,4-8H2,1-3H3,(H2,12,16). The average Bonchev–Trinajstić information content (AvgIpc) is 2.17. The number of carbonyl (C=O) groups excluding carboxylic acids is 1. The number of nitrogens with two attached hydrogens (primary N) is 1. The van der Waals surface area contributed by atoms with Crippen molar-refractivity contribution in [3.8, 4) is 0 Å². The lowest BCUT2D eigenvalue weighted by molar-refractivity contribution is -0.137. The van der Waals surface area contributed by atoms with Crippen LogP contribution in [0.15, 0.2) is 0 Å². The van der Waals surface area contributed by atoms with Crippen LogP contribution in [0.25, 0.3) is 0 Å². The summed E-state index contributed by atoms with van der Waals surface area (Å²) in [6.07, 6.45) is 1.48. The third-order valence-electron chi connectivity index (χ3n) is 2.12. The van der Waals surface area contributed by atoms with E-state index in [1.807, 2.05) is 20.8 Å². The van der Waals surface area contributed by atoms with Crippen molar-refractivity contribution in [2.45, 2.75) is 39.7 Å². The maximum Gasteiger partial charge on any atom is 0.248 e. The third kappa shape index (κ3) is 6.74. The Morgan fingerprint density at radius 3 is 2.56 bits per heavy atom. The van der Waals surface area contributed by atoms with Crippen LogP contribution in [0.1, 0.15) is 33.6 Å². The Morgan fingerprint density at radius 2 is 2.12 bits per heavy atom. The predicted molar refractivity (Wildman–Crippen MR) is 69.4 cm³/mol. The summed E-state index contributed by atoms with van der Waals surface area (Å²) in [5.74, 6) is -0.000278. The number of thiocarbonyl (C=S) groups is 1. The van der Waals surface area contributed by atoms with Crippen molar-refractivity contribution in [3.63, 3.8) is 0 Å². The van der Waals surface area contributed by atoms with Gasteiger partial charge in [0.2, 0.25) is 5.91 Å². The number of ether oxygens (including phenoxy) is 1. The van der Waals surface area contributed by atoms with E-state index in [2.05, 4.69) is 0 Å². The number of amides is 1. The molecule has 0 saturated carbocycles. The van der Waals surface area contributed by atoms with Crippen molar-refractivity contribution in [3.05, 3.63) is 0 Å². The molecule has 0 aliphatic heterocycles. The monoisotopic (exact) mass is 246 g/mol. The second-order valence-corrected chi connectivity index (χ2v) is 4.47. The van der Waals surface area contributed by atoms with E-state index >= 15 is 0 Å². The van der Waals surface area contributed by atoms with E-state index in [-0.39, 0.29) is 18.6 Å². The van der Waals surface area contributed by atoms with E-state index in [1.54, 1.807) is 4.90 Å². The first-order valence-electron chi connectivity index (χ1n) is 5.64. The molecule has 0 fully saturated rings. The number of carbonyl (C=O) groups is 1. The van der Waals surface area contributed by atoms with Gasteiger partial charge in [0.1, 0.15) is 6.61 Å². The molecule has 0 unspecified atom stereocenters. The van der Waals surface area contributed by atoms with E-state index in [1.165, 1.54) is 0 Å². The molecule has 0 aliphatic carbocycles. The van der Waals surface area contributed by atoms with Gasteiger partial charge in [-0.25, -0.2) is 0 Å². The molecule has 0 spiro atoms. The van der Waals surface area contributed by atoms with Crippen molar-refractivity contribution in [2.75, 3.05) is 19.8 Å². The predicted octanol–water partition coefficient (Wildman–Crippen LogP) is 1.33. The zero-order valence-corrected chi connectivity index (χ0v) is 11.2. The van der Waals surface area contributed by atoms with Crippen LogP contribution in [0.2, 0.25) is 0 Å². The Labute approximate surface area is 103 Å². The average molecular weight is 246 g/mol. The van der Waals surface area contributed by atoms with Gasteiger partial charge in [0.05, 0.1) is 4.99 Å². The smallest absolute Gasteiger partial charge is 0.248 e. The van der Waals surface area contributed by atoms with Gasteiger partial charge in [-0.2, -0.15) is 0 Å². The zero-order valence-electron chi connectivity index (χ0n) is 10.4. The van der Waals surface area contributed by atoms with E-state index in [9.17, 15) is 4.79 Å². The van der Waals surface area contributed by atoms with Crippen LogP contribution in [0, 0.1) is 0 Å². The van der Waals surface area contributed by atoms with Crippen LogP contribution >= 0.6 is 12.2 Å². The molecule has 94 valence electrons. The molecule has 0 aromatic heterocycles. The van der Waals surface area contributed by atoms with Gasteiger partial charge in [-0.1, -0.05) is 19.1 Å². The minimum absolute atomic E-state index is 0.000278. The SMILES string of the molecule is CCCOCC(=O)N(CCC(N)=S)C(C)C. The summed E-state index contributed by atoms with van der Waals surface area (Å²) < 4.78 is 5.23. The van der Waals surface area contributed by atoms with Crippen LogP contribution < -0.4 is 5.73 Å². The highest BCUT2D eigenvalue weighted by atomic mass is 32.1. The summed E-state index contributed by atoms with van der Waals surface area (Å²) >= 11 is 4.80. The van der Waals surface area contributed by atoms with Gasteiger partial charge in [0.15, 0.2) is 0 Å². The highest BCUT2D eigenvalue weighted by Crippen LogP contribution is 2.01. The topological polar surface area (TPSA) is 55.6 Å². The fourth-order valence-corrected chi connectivity index (χ4v) is 1.38. The molecular formula is C11H22N2O2S. The van der Waals surface area contributed by atoms with Crippen LogP contribution in [0.4, 0.5) is 0 Å². The van der Waals surface area contributed by atoms with E-state index in [0.29, 0.717) is 24.6 Å². The van der Waals surface area contributed by atoms with Crippen molar-refractivity contribution in [2.24, 2.45) is 5.73 Å². The van der Waals surface area contributed by atoms with Crippen LogP contribution in [0.5, 0.6) is 0 Å². The molecule has 0 saturated heterocycles. The molecule has 1 amide bonds. The van der Waals surface area contributed by atoms with Gasteiger partial charge in [-0.15, -0.1) is 0 Å². The molecular weight excluding hydrogens is 224 g/mol. The second-order valence-electron chi connectivity index (χ2n) is 3.95. The maximum atomic E-state index is 11.8. The minimum Gasteiger partial charge on any atom is -0.393 e. The lowest BCUT2D eigenvalue weighted by Gasteiger charge is -2.26. The Bertz CT molecular complexity index is 232. The molecule has 0 aromatic rings. The summed E-state index contributed by atoms with van der Waals surface area (Å²) in [5, 5.41) is 0. The largest absolute Gasteiger partial charge is 0.393 e. The summed E-state index contributed by atoms with van der Waals surface area (Å²) in [4.78, 5) is 14.0. The molecule has 0 rings (SSSR count). The highest BCUT2D eigenvalue weighted by Gasteiger charge is 2.16. The molecule has 5 heteroatoms. The first-order valence-corrected chi connectivity index (χ1v) is 6.05. The van der Waals surface area contributed by atoms with Crippen molar-refractivity contribution in [1.82, 2.24) is 4.90 Å². The quantitative estimate of drug-likeness (QED) is 0.518. The summed E-state index contributed by atoms with van der Waals surface area (Å²) in [6.45, 7) is 7.28. The lowest BCUT2D eigenvalue weighted by Crippen LogP contribution is -2.41. The van der Waals surface area contributed by atoms with Crippen molar-refractivity contribution < 1.29 is 9.53 Å². The fraction of sp³-hybridized carbons (Fsp3) is 0.818. The molecule has 0 bridgehead atoms. The summed E-state index contributed by atoms with van der Waals surface area (Å²) in [7, 11) is 0. The Morgan fingerprint density at radius 1 is 1.50 bits per heavy atom. The first kappa shape index (κ1) is 15.3. The van der Waals surface area contributed by atoms with Gasteiger partial charge in [-0.05, 0) is 20.3 Å². The second kappa shape index (κ2) is 8.47. The molecule has 4 nitrogen and oxygen atoms in total. The molecule has 0 radical (unpaired) electrons. The minimum atomic E-state index is -0.000278. The maximum absolute atomic E-state index is 11.8. The normalized spacial score (nSPS) is 10.5. The van der Waals surface area contributed by atoms with Gasteiger partial charge in [0.25, 0.3) is 0 Å². The van der Waals surface area contributed by atoms with E-state index in [0.717, 1.165) is 6.42 Å². The molecule has 0 atom stereocenters. The number of nitrogens with zero attached hydrogens (tertiary/aromatic N) is 1. The molecule has 0 heterocycles. The molecule has 0 aromatic carbocycles. The van der Waals surface area contributed by atoms with Crippen LogP contribution in [-0.4, -0.2) is 41.6 Å². The molecule has 16 heavy (non-hydrogen) atoms. The van der Waals surface area contributed by atoms with Gasteiger partial charge < -0.3 is 15.4 Å². The van der Waals surface area contributed by atoms with Crippen LogP contribution in [0.3, 0.4) is 0 Å². The summed E-state index contributed by atoms with van der Waals surface area (Å²) in [6, 6.07) is 0.145. The van der Waals surface area contributed by atoms with Crippen molar-refractivity contribution in [1.29, 1.82) is 0 Å². The third-order valence-corrected chi connectivity index (χ3v) is 2.32. The van der Waals surface area contributed by atoms with Gasteiger partial charge >= 0.3 is 0 Å². The number of rotatable bonds is 8. The Kier molecular flexibility index (Phi) is 8.11. The number of hydrogen-bond donors (Lipinski definition) is 1. The summed E-state index contributed by atoms with van der Waals surface area (Å²) in [5.41, 5.74) is 5.42. The lowest BCUT2D eigenvalue weighted by atomic mass is 10.2. The first-order chi connectivity index (χ1) is 7.49. The fourth-order valence-electron chi connectivity index (χ4n) is 1.29. The van der Waals surface area contributed by atoms with E-state index in [4.69, 9.17) is 22.7 Å². The molecule has 0 aliphatic rings.